The van der Waals surface area contributed by atoms with E-state index < -0.39 is 0 Å². The van der Waals surface area contributed by atoms with Crippen LogP contribution < -0.4 is 10.1 Å². The summed E-state index contributed by atoms with van der Waals surface area (Å²) in [7, 11) is 0. The van der Waals surface area contributed by atoms with Gasteiger partial charge in [-0.2, -0.15) is 0 Å². The molecule has 1 aromatic carbocycles. The largest absolute Gasteiger partial charge is 0.483 e. The van der Waals surface area contributed by atoms with E-state index in [2.05, 4.69) is 28.2 Å². The van der Waals surface area contributed by atoms with E-state index in [0.29, 0.717) is 12.3 Å². The van der Waals surface area contributed by atoms with Crippen molar-refractivity contribution in [2.45, 2.75) is 26.4 Å². The molecule has 0 aliphatic rings. The number of benzene rings is 1. The molecule has 1 aromatic rings. The zero-order chi connectivity index (χ0) is 13.4. The van der Waals surface area contributed by atoms with E-state index in [0.717, 1.165) is 22.9 Å². The molecule has 100 valence electrons. The lowest BCUT2D eigenvalue weighted by Crippen LogP contribution is -2.29. The molecule has 0 aliphatic carbocycles. The summed E-state index contributed by atoms with van der Waals surface area (Å²) in [5.41, 5.74) is 0.793. The lowest BCUT2D eigenvalue weighted by atomic mass is 10.2. The fourth-order valence-corrected chi connectivity index (χ4v) is 1.90. The Balaban J connectivity index is 2.41. The van der Waals surface area contributed by atoms with Gasteiger partial charge in [-0.3, -0.25) is 4.79 Å². The fourth-order valence-electron chi connectivity index (χ4n) is 1.36. The molecular formula is C13H18BrNO3. The van der Waals surface area contributed by atoms with Gasteiger partial charge in [-0.15, -0.1) is 0 Å². The Morgan fingerprint density at radius 1 is 1.50 bits per heavy atom. The third-order valence-electron chi connectivity index (χ3n) is 2.39. The summed E-state index contributed by atoms with van der Waals surface area (Å²) in [6, 6.07) is 5.26. The lowest BCUT2D eigenvalue weighted by Gasteiger charge is -2.09. The number of unbranched alkanes of at least 4 members (excludes halogenated alkanes) is 1. The molecule has 0 bridgehead atoms. The first-order valence-electron chi connectivity index (χ1n) is 5.96. The van der Waals surface area contributed by atoms with Crippen LogP contribution in [-0.2, 0) is 11.4 Å². The van der Waals surface area contributed by atoms with Crippen LogP contribution in [0.15, 0.2) is 22.7 Å². The van der Waals surface area contributed by atoms with Crippen LogP contribution in [0.5, 0.6) is 5.75 Å². The van der Waals surface area contributed by atoms with Gasteiger partial charge in [0.05, 0.1) is 11.1 Å². The first kappa shape index (κ1) is 15.0. The van der Waals surface area contributed by atoms with Crippen molar-refractivity contribution >= 4 is 21.8 Å². The maximum atomic E-state index is 11.4. The number of hydrogen-bond donors (Lipinski definition) is 2. The number of nitrogens with one attached hydrogen (secondary N) is 1. The summed E-state index contributed by atoms with van der Waals surface area (Å²) < 4.78 is 6.12. The number of aliphatic hydroxyl groups excluding tert-OH is 1. The standard InChI is InChI=1S/C13H18BrNO3/c1-2-3-6-15-13(17)9-18-12-5-4-10(8-16)7-11(12)14/h4-5,7,16H,2-3,6,8-9H2,1H3,(H,15,17). The fraction of sp³-hybridized carbons (Fsp3) is 0.462. The SMILES string of the molecule is CCCCNC(=O)COc1ccc(CO)cc1Br. The van der Waals surface area contributed by atoms with Crippen LogP contribution in [0.1, 0.15) is 25.3 Å². The highest BCUT2D eigenvalue weighted by Crippen LogP contribution is 2.25. The molecule has 18 heavy (non-hydrogen) atoms. The van der Waals surface area contributed by atoms with Gasteiger partial charge in [0.15, 0.2) is 6.61 Å². The number of rotatable bonds is 7. The normalized spacial score (nSPS) is 10.2. The summed E-state index contributed by atoms with van der Waals surface area (Å²) in [5.74, 6) is 0.472. The third kappa shape index (κ3) is 5.06. The van der Waals surface area contributed by atoms with Crippen molar-refractivity contribution in [2.24, 2.45) is 0 Å². The van der Waals surface area contributed by atoms with Gasteiger partial charge in [0.2, 0.25) is 0 Å². The molecule has 0 atom stereocenters. The van der Waals surface area contributed by atoms with Crippen LogP contribution in [0.2, 0.25) is 0 Å². The molecule has 1 rings (SSSR count). The molecule has 5 heteroatoms. The zero-order valence-electron chi connectivity index (χ0n) is 10.4. The number of halogens is 1. The molecule has 0 unspecified atom stereocenters. The Bertz CT molecular complexity index is 396. The summed E-state index contributed by atoms with van der Waals surface area (Å²) in [6.07, 6.45) is 2.02. The van der Waals surface area contributed by atoms with Crippen molar-refractivity contribution < 1.29 is 14.6 Å². The van der Waals surface area contributed by atoms with E-state index >= 15 is 0 Å². The number of ether oxygens (including phenoxy) is 1. The molecule has 4 nitrogen and oxygen atoms in total. The minimum absolute atomic E-state index is 0.000780. The summed E-state index contributed by atoms with van der Waals surface area (Å²) in [4.78, 5) is 11.4. The predicted molar refractivity (Wildman–Crippen MR) is 73.5 cm³/mol. The van der Waals surface area contributed by atoms with Crippen LogP contribution in [0.25, 0.3) is 0 Å². The highest BCUT2D eigenvalue weighted by Gasteiger charge is 2.05. The Labute approximate surface area is 115 Å². The topological polar surface area (TPSA) is 58.6 Å². The molecule has 0 radical (unpaired) electrons. The Kier molecular flexibility index (Phi) is 6.75. The zero-order valence-corrected chi connectivity index (χ0v) is 12.0. The molecule has 0 fully saturated rings. The maximum Gasteiger partial charge on any atom is 0.257 e. The van der Waals surface area contributed by atoms with Gasteiger partial charge < -0.3 is 15.2 Å². The van der Waals surface area contributed by atoms with Crippen molar-refractivity contribution in [1.29, 1.82) is 0 Å². The van der Waals surface area contributed by atoms with E-state index in [-0.39, 0.29) is 19.1 Å². The van der Waals surface area contributed by atoms with E-state index in [9.17, 15) is 4.79 Å². The predicted octanol–water partition coefficient (Wildman–Crippen LogP) is 2.24. The molecule has 0 aromatic heterocycles. The van der Waals surface area contributed by atoms with Gasteiger partial charge >= 0.3 is 0 Å². The minimum atomic E-state index is -0.124. The highest BCUT2D eigenvalue weighted by molar-refractivity contribution is 9.10. The van der Waals surface area contributed by atoms with Crippen LogP contribution in [-0.4, -0.2) is 24.2 Å². The van der Waals surface area contributed by atoms with Gasteiger partial charge in [-0.05, 0) is 40.0 Å². The monoisotopic (exact) mass is 315 g/mol. The van der Waals surface area contributed by atoms with Crippen molar-refractivity contribution in [2.75, 3.05) is 13.2 Å². The van der Waals surface area contributed by atoms with Gasteiger partial charge in [0, 0.05) is 6.54 Å². The van der Waals surface area contributed by atoms with Crippen LogP contribution in [0, 0.1) is 0 Å². The average molecular weight is 316 g/mol. The Morgan fingerprint density at radius 2 is 2.28 bits per heavy atom. The summed E-state index contributed by atoms with van der Waals surface area (Å²) in [5, 5.41) is 11.7. The second kappa shape index (κ2) is 8.11. The molecular weight excluding hydrogens is 298 g/mol. The van der Waals surface area contributed by atoms with Crippen molar-refractivity contribution in [3.05, 3.63) is 28.2 Å². The van der Waals surface area contributed by atoms with E-state index in [1.54, 1.807) is 18.2 Å². The number of hydrogen-bond acceptors (Lipinski definition) is 3. The van der Waals surface area contributed by atoms with Crippen molar-refractivity contribution in [1.82, 2.24) is 5.32 Å². The van der Waals surface area contributed by atoms with Crippen molar-refractivity contribution in [3.8, 4) is 5.75 Å². The quantitative estimate of drug-likeness (QED) is 0.759. The third-order valence-corrected chi connectivity index (χ3v) is 3.01. The molecule has 1 amide bonds. The van der Waals surface area contributed by atoms with Crippen molar-refractivity contribution in [3.63, 3.8) is 0 Å². The second-order valence-corrected chi connectivity index (χ2v) is 4.77. The lowest BCUT2D eigenvalue weighted by molar-refractivity contribution is -0.123. The first-order valence-corrected chi connectivity index (χ1v) is 6.75. The number of carbonyl (C=O) groups is 1. The number of carbonyl (C=O) groups excluding carboxylic acids is 1. The number of aliphatic hydroxyl groups is 1. The average Bonchev–Trinajstić information content (AvgIpc) is 2.37. The van der Waals surface area contributed by atoms with Gasteiger partial charge in [0.1, 0.15) is 5.75 Å². The van der Waals surface area contributed by atoms with Gasteiger partial charge in [-0.1, -0.05) is 19.4 Å². The molecule has 0 saturated heterocycles. The second-order valence-electron chi connectivity index (χ2n) is 3.92. The molecule has 0 spiro atoms. The van der Waals surface area contributed by atoms with Crippen LogP contribution >= 0.6 is 15.9 Å². The summed E-state index contributed by atoms with van der Waals surface area (Å²) >= 11 is 3.33. The molecule has 0 saturated carbocycles. The Morgan fingerprint density at radius 3 is 2.89 bits per heavy atom. The van der Waals surface area contributed by atoms with E-state index in [4.69, 9.17) is 9.84 Å². The first-order chi connectivity index (χ1) is 8.67. The molecule has 0 aliphatic heterocycles. The van der Waals surface area contributed by atoms with E-state index in [1.807, 2.05) is 0 Å². The maximum absolute atomic E-state index is 11.4. The highest BCUT2D eigenvalue weighted by atomic mass is 79.9. The molecule has 0 heterocycles. The minimum Gasteiger partial charge on any atom is -0.483 e. The Hall–Kier alpha value is -1.07. The molecule has 2 N–H and O–H groups in total. The summed E-state index contributed by atoms with van der Waals surface area (Å²) in [6.45, 7) is 2.74. The van der Waals surface area contributed by atoms with Crippen LogP contribution in [0.4, 0.5) is 0 Å². The van der Waals surface area contributed by atoms with E-state index in [1.165, 1.54) is 0 Å². The van der Waals surface area contributed by atoms with Crippen LogP contribution in [0.3, 0.4) is 0 Å². The number of amides is 1. The van der Waals surface area contributed by atoms with Gasteiger partial charge in [-0.25, -0.2) is 0 Å². The van der Waals surface area contributed by atoms with Gasteiger partial charge in [0.25, 0.3) is 5.91 Å². The smallest absolute Gasteiger partial charge is 0.257 e.